The zero-order valence-electron chi connectivity index (χ0n) is 13.3. The van der Waals surface area contributed by atoms with Crippen LogP contribution < -0.4 is 10.0 Å². The standard InChI is InChI=1S/C14H17F2N5O2S.ClH/c1-21-14(8-18-20-21)24(22,23)19-13-7-17-5-4-10(13)9-2-3-11(15)12(16)6-9;/h2-3,6,8,10,13,17,19H,4-5,7H2,1H3;1H. The van der Waals surface area contributed by atoms with Crippen molar-refractivity contribution in [1.82, 2.24) is 25.0 Å². The average molecular weight is 394 g/mol. The molecule has 1 aliphatic heterocycles. The van der Waals surface area contributed by atoms with Crippen molar-refractivity contribution in [2.75, 3.05) is 13.1 Å². The van der Waals surface area contributed by atoms with E-state index in [0.29, 0.717) is 25.1 Å². The summed E-state index contributed by atoms with van der Waals surface area (Å²) in [4.78, 5) is 0. The highest BCUT2D eigenvalue weighted by molar-refractivity contribution is 7.89. The van der Waals surface area contributed by atoms with Crippen LogP contribution in [0.1, 0.15) is 17.9 Å². The second-order valence-electron chi connectivity index (χ2n) is 5.70. The van der Waals surface area contributed by atoms with E-state index < -0.39 is 27.7 Å². The third-order valence-electron chi connectivity index (χ3n) is 4.11. The van der Waals surface area contributed by atoms with Gasteiger partial charge in [-0.25, -0.2) is 26.6 Å². The third-order valence-corrected chi connectivity index (χ3v) is 5.64. The minimum absolute atomic E-state index is 0. The first kappa shape index (κ1) is 19.7. The van der Waals surface area contributed by atoms with Gasteiger partial charge in [0.2, 0.25) is 0 Å². The summed E-state index contributed by atoms with van der Waals surface area (Å²) >= 11 is 0. The molecule has 2 N–H and O–H groups in total. The Balaban J connectivity index is 0.00000225. The van der Waals surface area contributed by atoms with Crippen LogP contribution >= 0.6 is 12.4 Å². The maximum atomic E-state index is 13.5. The van der Waals surface area contributed by atoms with Gasteiger partial charge in [0, 0.05) is 25.6 Å². The van der Waals surface area contributed by atoms with E-state index in [0.717, 1.165) is 23.0 Å². The van der Waals surface area contributed by atoms with E-state index >= 15 is 0 Å². The largest absolute Gasteiger partial charge is 0.315 e. The summed E-state index contributed by atoms with van der Waals surface area (Å²) in [5.41, 5.74) is 0.561. The summed E-state index contributed by atoms with van der Waals surface area (Å²) in [5, 5.41) is 10.2. The molecule has 7 nitrogen and oxygen atoms in total. The lowest BCUT2D eigenvalue weighted by molar-refractivity contribution is 0.375. The van der Waals surface area contributed by atoms with Crippen molar-refractivity contribution >= 4 is 22.4 Å². The second-order valence-corrected chi connectivity index (χ2v) is 7.36. The van der Waals surface area contributed by atoms with Gasteiger partial charge in [0.25, 0.3) is 10.0 Å². The van der Waals surface area contributed by atoms with Gasteiger partial charge in [0.05, 0.1) is 6.20 Å². The Kier molecular flexibility index (Phi) is 6.09. The summed E-state index contributed by atoms with van der Waals surface area (Å²) in [5.74, 6) is -2.13. The predicted molar refractivity (Wildman–Crippen MR) is 88.9 cm³/mol. The van der Waals surface area contributed by atoms with Gasteiger partial charge in [0.1, 0.15) is 0 Å². The Morgan fingerprint density at radius 3 is 2.72 bits per heavy atom. The first-order chi connectivity index (χ1) is 11.4. The van der Waals surface area contributed by atoms with Crippen LogP contribution in [0.3, 0.4) is 0 Å². The molecule has 2 atom stereocenters. The number of piperidine rings is 1. The van der Waals surface area contributed by atoms with Crippen LogP contribution in [0.2, 0.25) is 0 Å². The van der Waals surface area contributed by atoms with E-state index in [-0.39, 0.29) is 23.4 Å². The zero-order chi connectivity index (χ0) is 17.3. The molecule has 1 aromatic carbocycles. The SMILES string of the molecule is Cl.Cn1nncc1S(=O)(=O)NC1CNCCC1c1ccc(F)c(F)c1. The number of nitrogens with zero attached hydrogens (tertiary/aromatic N) is 3. The molecule has 3 rings (SSSR count). The fourth-order valence-electron chi connectivity index (χ4n) is 2.91. The first-order valence-electron chi connectivity index (χ1n) is 7.41. The fourth-order valence-corrected chi connectivity index (χ4v) is 4.24. The Hall–Kier alpha value is -1.62. The Bertz CT molecular complexity index is 845. The van der Waals surface area contributed by atoms with Gasteiger partial charge in [-0.2, -0.15) is 0 Å². The highest BCUT2D eigenvalue weighted by atomic mass is 35.5. The zero-order valence-corrected chi connectivity index (χ0v) is 14.9. The van der Waals surface area contributed by atoms with E-state index in [1.54, 1.807) is 0 Å². The van der Waals surface area contributed by atoms with Crippen molar-refractivity contribution in [3.05, 3.63) is 41.6 Å². The Morgan fingerprint density at radius 2 is 2.08 bits per heavy atom. The van der Waals surface area contributed by atoms with Crippen LogP contribution in [0, 0.1) is 11.6 Å². The molecule has 1 fully saturated rings. The number of aryl methyl sites for hydroxylation is 1. The number of rotatable bonds is 4. The Labute approximate surface area is 150 Å². The number of nitrogens with one attached hydrogen (secondary N) is 2. The molecule has 138 valence electrons. The molecule has 11 heteroatoms. The topological polar surface area (TPSA) is 88.9 Å². The van der Waals surface area contributed by atoms with E-state index in [1.807, 2.05) is 0 Å². The lowest BCUT2D eigenvalue weighted by atomic mass is 9.86. The molecule has 25 heavy (non-hydrogen) atoms. The smallest absolute Gasteiger partial charge is 0.259 e. The van der Waals surface area contributed by atoms with Gasteiger partial charge in [-0.3, -0.25) is 0 Å². The van der Waals surface area contributed by atoms with Crippen molar-refractivity contribution < 1.29 is 17.2 Å². The molecule has 0 radical (unpaired) electrons. The van der Waals surface area contributed by atoms with E-state index in [2.05, 4.69) is 20.4 Å². The van der Waals surface area contributed by atoms with Crippen molar-refractivity contribution in [1.29, 1.82) is 0 Å². The third kappa shape index (κ3) is 4.14. The number of hydrogen-bond donors (Lipinski definition) is 2. The van der Waals surface area contributed by atoms with Crippen LogP contribution in [-0.2, 0) is 17.1 Å². The maximum Gasteiger partial charge on any atom is 0.259 e. The Morgan fingerprint density at radius 1 is 1.32 bits per heavy atom. The number of aromatic nitrogens is 3. The normalized spacial score (nSPS) is 20.9. The van der Waals surface area contributed by atoms with Crippen LogP contribution in [0.5, 0.6) is 0 Å². The highest BCUT2D eigenvalue weighted by Gasteiger charge is 2.32. The van der Waals surface area contributed by atoms with E-state index in [4.69, 9.17) is 0 Å². The molecule has 0 saturated carbocycles. The highest BCUT2D eigenvalue weighted by Crippen LogP contribution is 2.28. The molecule has 1 aromatic heterocycles. The summed E-state index contributed by atoms with van der Waals surface area (Å²) in [6, 6.07) is 3.17. The van der Waals surface area contributed by atoms with Gasteiger partial charge < -0.3 is 5.32 Å². The number of benzene rings is 1. The molecule has 0 amide bonds. The molecule has 2 heterocycles. The van der Waals surface area contributed by atoms with Crippen LogP contribution in [0.15, 0.2) is 29.4 Å². The van der Waals surface area contributed by atoms with Crippen LogP contribution in [0.25, 0.3) is 0 Å². The molecule has 2 unspecified atom stereocenters. The van der Waals surface area contributed by atoms with Gasteiger partial charge >= 0.3 is 0 Å². The second kappa shape index (κ2) is 7.73. The van der Waals surface area contributed by atoms with E-state index in [1.165, 1.54) is 13.1 Å². The van der Waals surface area contributed by atoms with Crippen LogP contribution in [0.4, 0.5) is 8.78 Å². The van der Waals surface area contributed by atoms with Crippen molar-refractivity contribution in [2.24, 2.45) is 7.05 Å². The summed E-state index contributed by atoms with van der Waals surface area (Å²) < 4.78 is 55.5. The van der Waals surface area contributed by atoms with Gasteiger partial charge in [-0.05, 0) is 30.7 Å². The quantitative estimate of drug-likeness (QED) is 0.807. The lowest BCUT2D eigenvalue weighted by Gasteiger charge is -2.32. The molecule has 1 aliphatic rings. The predicted octanol–water partition coefficient (Wildman–Crippen LogP) is 0.939. The number of halogens is 3. The molecule has 1 saturated heterocycles. The maximum absolute atomic E-state index is 13.5. The first-order valence-corrected chi connectivity index (χ1v) is 8.89. The summed E-state index contributed by atoms with van der Waals surface area (Å²) in [6.07, 6.45) is 1.76. The molecule has 2 aromatic rings. The average Bonchev–Trinajstić information content (AvgIpc) is 2.97. The molecular formula is C14H18ClF2N5O2S. The molecular weight excluding hydrogens is 376 g/mol. The van der Waals surface area contributed by atoms with Gasteiger partial charge in [0.15, 0.2) is 16.7 Å². The molecule has 0 bridgehead atoms. The lowest BCUT2D eigenvalue weighted by Crippen LogP contribution is -2.50. The fraction of sp³-hybridized carbons (Fsp3) is 0.429. The van der Waals surface area contributed by atoms with Crippen molar-refractivity contribution in [3.63, 3.8) is 0 Å². The molecule has 0 spiro atoms. The summed E-state index contributed by atoms with van der Waals surface area (Å²) in [6.45, 7) is 1.04. The minimum Gasteiger partial charge on any atom is -0.315 e. The van der Waals surface area contributed by atoms with Crippen LogP contribution in [-0.4, -0.2) is 42.5 Å². The summed E-state index contributed by atoms with van der Waals surface area (Å²) in [7, 11) is -2.35. The monoisotopic (exact) mass is 393 g/mol. The van der Waals surface area contributed by atoms with Gasteiger partial charge in [-0.1, -0.05) is 11.3 Å². The minimum atomic E-state index is -3.83. The molecule has 0 aliphatic carbocycles. The van der Waals surface area contributed by atoms with Crippen molar-refractivity contribution in [3.8, 4) is 0 Å². The number of hydrogen-bond acceptors (Lipinski definition) is 5. The van der Waals surface area contributed by atoms with E-state index in [9.17, 15) is 17.2 Å². The van der Waals surface area contributed by atoms with Gasteiger partial charge in [-0.15, -0.1) is 17.5 Å². The number of sulfonamides is 1. The van der Waals surface area contributed by atoms with Crippen molar-refractivity contribution in [2.45, 2.75) is 23.4 Å².